The molecule has 126 valence electrons. The van der Waals surface area contributed by atoms with Crippen molar-refractivity contribution in [1.29, 1.82) is 0 Å². The van der Waals surface area contributed by atoms with E-state index in [-0.39, 0.29) is 5.91 Å². The number of carbonyl (C=O) groups excluding carboxylic acids is 1. The first-order chi connectivity index (χ1) is 11.6. The van der Waals surface area contributed by atoms with Gasteiger partial charge in [-0.25, -0.2) is 0 Å². The minimum Gasteiger partial charge on any atom is -0.477 e. The summed E-state index contributed by atoms with van der Waals surface area (Å²) in [4.78, 5) is 14.2. The Labute approximate surface area is 143 Å². The molecule has 1 amide bonds. The number of hydrogen-bond donors (Lipinski definition) is 1. The fourth-order valence-corrected chi connectivity index (χ4v) is 2.98. The van der Waals surface area contributed by atoms with Crippen LogP contribution in [0, 0.1) is 0 Å². The maximum Gasteiger partial charge on any atom is 0.262 e. The van der Waals surface area contributed by atoms with Gasteiger partial charge in [-0.3, -0.25) is 4.79 Å². The average molecular weight is 324 g/mol. The standard InChI is InChI=1S/C20H24N2O2/c1-14(2)16-10-8-15(9-11-16)12-22-13-19(20(23)21-3)24-18-7-5-4-6-17(18)22/h4-11,14,19H,12-13H2,1-3H3,(H,21,23)/t19-/m1/s1. The van der Waals surface area contributed by atoms with Gasteiger partial charge in [0.05, 0.1) is 12.2 Å². The van der Waals surface area contributed by atoms with Crippen LogP contribution in [0.5, 0.6) is 5.75 Å². The van der Waals surface area contributed by atoms with Crippen molar-refractivity contribution in [1.82, 2.24) is 5.32 Å². The molecular formula is C20H24N2O2. The Morgan fingerprint density at radius 3 is 2.58 bits per heavy atom. The number of nitrogens with one attached hydrogen (secondary N) is 1. The number of hydrogen-bond acceptors (Lipinski definition) is 3. The number of likely N-dealkylation sites (N-methyl/N-ethyl adjacent to an activating group) is 1. The lowest BCUT2D eigenvalue weighted by atomic mass is 10.0. The zero-order valence-electron chi connectivity index (χ0n) is 14.5. The fraction of sp³-hybridized carbons (Fsp3) is 0.350. The molecule has 4 heteroatoms. The summed E-state index contributed by atoms with van der Waals surface area (Å²) in [7, 11) is 1.64. The lowest BCUT2D eigenvalue weighted by Gasteiger charge is -2.35. The molecule has 1 atom stereocenters. The molecule has 0 bridgehead atoms. The van der Waals surface area contributed by atoms with Gasteiger partial charge in [0.25, 0.3) is 5.91 Å². The second-order valence-corrected chi connectivity index (χ2v) is 6.47. The molecule has 2 aromatic carbocycles. The minimum atomic E-state index is -0.486. The van der Waals surface area contributed by atoms with Gasteiger partial charge in [-0.15, -0.1) is 0 Å². The topological polar surface area (TPSA) is 41.6 Å². The summed E-state index contributed by atoms with van der Waals surface area (Å²) in [5.74, 6) is 1.20. The fourth-order valence-electron chi connectivity index (χ4n) is 2.98. The van der Waals surface area contributed by atoms with Crippen LogP contribution in [0.2, 0.25) is 0 Å². The van der Waals surface area contributed by atoms with E-state index in [1.807, 2.05) is 24.3 Å². The van der Waals surface area contributed by atoms with Gasteiger partial charge < -0.3 is 15.0 Å². The van der Waals surface area contributed by atoms with Crippen LogP contribution < -0.4 is 15.0 Å². The van der Waals surface area contributed by atoms with E-state index in [1.54, 1.807) is 7.05 Å². The number of fused-ring (bicyclic) bond motifs is 1. The number of rotatable bonds is 4. The van der Waals surface area contributed by atoms with Crippen molar-refractivity contribution < 1.29 is 9.53 Å². The maximum atomic E-state index is 12.0. The Hall–Kier alpha value is -2.49. The molecule has 4 nitrogen and oxygen atoms in total. The van der Waals surface area contributed by atoms with E-state index in [2.05, 4.69) is 48.3 Å². The van der Waals surface area contributed by atoms with Crippen LogP contribution in [0.3, 0.4) is 0 Å². The van der Waals surface area contributed by atoms with Crippen LogP contribution in [0.4, 0.5) is 5.69 Å². The van der Waals surface area contributed by atoms with E-state index >= 15 is 0 Å². The van der Waals surface area contributed by atoms with Gasteiger partial charge in [0, 0.05) is 13.6 Å². The Morgan fingerprint density at radius 2 is 1.92 bits per heavy atom. The highest BCUT2D eigenvalue weighted by molar-refractivity contribution is 5.83. The number of nitrogens with zero attached hydrogens (tertiary/aromatic N) is 1. The van der Waals surface area contributed by atoms with Crippen molar-refractivity contribution in [2.45, 2.75) is 32.4 Å². The Bertz CT molecular complexity index is 710. The van der Waals surface area contributed by atoms with Crippen molar-refractivity contribution >= 4 is 11.6 Å². The number of benzene rings is 2. The molecule has 0 fully saturated rings. The van der Waals surface area contributed by atoms with Crippen molar-refractivity contribution in [2.24, 2.45) is 0 Å². The molecule has 1 heterocycles. The molecule has 1 aliphatic rings. The molecule has 0 spiro atoms. The second kappa shape index (κ2) is 6.95. The second-order valence-electron chi connectivity index (χ2n) is 6.47. The molecule has 3 rings (SSSR count). The Morgan fingerprint density at radius 1 is 1.21 bits per heavy atom. The normalized spacial score (nSPS) is 16.5. The van der Waals surface area contributed by atoms with E-state index < -0.39 is 6.10 Å². The summed E-state index contributed by atoms with van der Waals surface area (Å²) in [6.45, 7) is 5.69. The van der Waals surface area contributed by atoms with Gasteiger partial charge in [-0.05, 0) is 29.2 Å². The Balaban J connectivity index is 1.84. The van der Waals surface area contributed by atoms with E-state index in [0.717, 1.165) is 18.0 Å². The van der Waals surface area contributed by atoms with Gasteiger partial charge in [0.1, 0.15) is 5.75 Å². The first kappa shape index (κ1) is 16.4. The molecule has 0 saturated carbocycles. The molecular weight excluding hydrogens is 300 g/mol. The largest absolute Gasteiger partial charge is 0.477 e. The smallest absolute Gasteiger partial charge is 0.262 e. The van der Waals surface area contributed by atoms with E-state index in [4.69, 9.17) is 4.74 Å². The minimum absolute atomic E-state index is 0.0929. The lowest BCUT2D eigenvalue weighted by molar-refractivity contribution is -0.127. The van der Waals surface area contributed by atoms with E-state index in [0.29, 0.717) is 12.5 Å². The summed E-state index contributed by atoms with van der Waals surface area (Å²) < 4.78 is 5.85. The third-order valence-corrected chi connectivity index (χ3v) is 4.42. The van der Waals surface area contributed by atoms with Crippen LogP contribution in [-0.4, -0.2) is 25.6 Å². The molecule has 0 aliphatic carbocycles. The third-order valence-electron chi connectivity index (χ3n) is 4.42. The quantitative estimate of drug-likeness (QED) is 0.938. The first-order valence-electron chi connectivity index (χ1n) is 8.39. The number of anilines is 1. The predicted molar refractivity (Wildman–Crippen MR) is 96.5 cm³/mol. The third kappa shape index (κ3) is 3.37. The predicted octanol–water partition coefficient (Wildman–Crippen LogP) is 3.32. The molecule has 0 radical (unpaired) electrons. The molecule has 0 saturated heterocycles. The van der Waals surface area contributed by atoms with E-state index in [1.165, 1.54) is 11.1 Å². The molecule has 2 aromatic rings. The van der Waals surface area contributed by atoms with Gasteiger partial charge in [-0.2, -0.15) is 0 Å². The Kier molecular flexibility index (Phi) is 4.74. The van der Waals surface area contributed by atoms with E-state index in [9.17, 15) is 4.79 Å². The highest BCUT2D eigenvalue weighted by Gasteiger charge is 2.29. The van der Waals surface area contributed by atoms with Crippen LogP contribution in [0.1, 0.15) is 30.9 Å². The zero-order chi connectivity index (χ0) is 17.1. The van der Waals surface area contributed by atoms with Gasteiger partial charge in [-0.1, -0.05) is 50.2 Å². The summed E-state index contributed by atoms with van der Waals surface area (Å²) in [6, 6.07) is 16.6. The van der Waals surface area contributed by atoms with Crippen molar-refractivity contribution in [2.75, 3.05) is 18.5 Å². The number of ether oxygens (including phenoxy) is 1. The number of para-hydroxylation sites is 2. The monoisotopic (exact) mass is 324 g/mol. The maximum absolute atomic E-state index is 12.0. The summed E-state index contributed by atoms with van der Waals surface area (Å²) in [5, 5.41) is 2.68. The highest BCUT2D eigenvalue weighted by atomic mass is 16.5. The van der Waals surface area contributed by atoms with Gasteiger partial charge in [0.15, 0.2) is 6.10 Å². The van der Waals surface area contributed by atoms with Crippen molar-refractivity contribution in [3.05, 3.63) is 59.7 Å². The van der Waals surface area contributed by atoms with Crippen molar-refractivity contribution in [3.8, 4) is 5.75 Å². The lowest BCUT2D eigenvalue weighted by Crippen LogP contribution is -2.47. The van der Waals surface area contributed by atoms with Crippen LogP contribution in [-0.2, 0) is 11.3 Å². The molecule has 0 unspecified atom stereocenters. The van der Waals surface area contributed by atoms with Gasteiger partial charge >= 0.3 is 0 Å². The van der Waals surface area contributed by atoms with Crippen LogP contribution in [0.25, 0.3) is 0 Å². The number of carbonyl (C=O) groups is 1. The average Bonchev–Trinajstić information content (AvgIpc) is 2.61. The van der Waals surface area contributed by atoms with Crippen LogP contribution in [0.15, 0.2) is 48.5 Å². The summed E-state index contributed by atoms with van der Waals surface area (Å²) in [6.07, 6.45) is -0.486. The van der Waals surface area contributed by atoms with Gasteiger partial charge in [0.2, 0.25) is 0 Å². The number of amides is 1. The zero-order valence-corrected chi connectivity index (χ0v) is 14.5. The van der Waals surface area contributed by atoms with Crippen LogP contribution >= 0.6 is 0 Å². The molecule has 0 aromatic heterocycles. The summed E-state index contributed by atoms with van der Waals surface area (Å²) in [5.41, 5.74) is 3.60. The molecule has 1 N–H and O–H groups in total. The molecule has 1 aliphatic heterocycles. The van der Waals surface area contributed by atoms with Crippen molar-refractivity contribution in [3.63, 3.8) is 0 Å². The SMILES string of the molecule is CNC(=O)[C@H]1CN(Cc2ccc(C(C)C)cc2)c2ccccc2O1. The first-order valence-corrected chi connectivity index (χ1v) is 8.39. The highest BCUT2D eigenvalue weighted by Crippen LogP contribution is 2.34. The molecule has 24 heavy (non-hydrogen) atoms. The summed E-state index contributed by atoms with van der Waals surface area (Å²) >= 11 is 0.